The van der Waals surface area contributed by atoms with Crippen LogP contribution in [0.4, 0.5) is 11.4 Å². The first-order valence-electron chi connectivity index (χ1n) is 12.7. The van der Waals surface area contributed by atoms with Crippen molar-refractivity contribution in [3.05, 3.63) is 87.7 Å². The first-order chi connectivity index (χ1) is 18.7. The SMILES string of the molecule is O=C(COC(=O)c1c2c(nc3ccccc13)C(=Cc1cccs1)CC2)Nc1ccc(N2CCOCC2)cc1. The maximum absolute atomic E-state index is 13.4. The largest absolute Gasteiger partial charge is 0.452 e. The Hall–Kier alpha value is -4.01. The molecular formula is C30H27N3O4S. The molecule has 1 fully saturated rings. The number of morpholine rings is 1. The molecule has 7 nitrogen and oxygen atoms in total. The second kappa shape index (κ2) is 10.8. The first kappa shape index (κ1) is 24.3. The molecule has 0 spiro atoms. The Kier molecular flexibility index (Phi) is 6.90. The molecule has 0 atom stereocenters. The van der Waals surface area contributed by atoms with Crippen LogP contribution in [0, 0.1) is 0 Å². The summed E-state index contributed by atoms with van der Waals surface area (Å²) in [5, 5.41) is 5.61. The third-order valence-electron chi connectivity index (χ3n) is 6.87. The third kappa shape index (κ3) is 5.05. The molecule has 0 saturated carbocycles. The lowest BCUT2D eigenvalue weighted by Crippen LogP contribution is -2.36. The molecule has 4 aromatic rings. The molecule has 0 bridgehead atoms. The van der Waals surface area contributed by atoms with Gasteiger partial charge in [-0.1, -0.05) is 24.3 Å². The first-order valence-corrected chi connectivity index (χ1v) is 13.6. The molecule has 2 aromatic carbocycles. The number of nitrogens with one attached hydrogen (secondary N) is 1. The number of carbonyl (C=O) groups excluding carboxylic acids is 2. The minimum Gasteiger partial charge on any atom is -0.452 e. The molecular weight excluding hydrogens is 498 g/mol. The Balaban J connectivity index is 1.17. The van der Waals surface area contributed by atoms with Crippen molar-refractivity contribution in [3.8, 4) is 0 Å². The highest BCUT2D eigenvalue weighted by molar-refractivity contribution is 7.10. The lowest BCUT2D eigenvalue weighted by atomic mass is 10.0. The summed E-state index contributed by atoms with van der Waals surface area (Å²) in [5.74, 6) is -0.888. The van der Waals surface area contributed by atoms with Crippen molar-refractivity contribution in [2.75, 3.05) is 43.1 Å². The van der Waals surface area contributed by atoms with Crippen molar-refractivity contribution < 1.29 is 19.1 Å². The number of fused-ring (bicyclic) bond motifs is 2. The Morgan fingerprint density at radius 1 is 1.03 bits per heavy atom. The van der Waals surface area contributed by atoms with Gasteiger partial charge in [0, 0.05) is 34.7 Å². The van der Waals surface area contributed by atoms with E-state index in [1.807, 2.05) is 60.0 Å². The smallest absolute Gasteiger partial charge is 0.339 e. The normalized spacial score (nSPS) is 16.0. The van der Waals surface area contributed by atoms with E-state index >= 15 is 0 Å². The van der Waals surface area contributed by atoms with E-state index in [1.165, 1.54) is 0 Å². The Labute approximate surface area is 224 Å². The van der Waals surface area contributed by atoms with Crippen molar-refractivity contribution in [1.29, 1.82) is 0 Å². The zero-order chi connectivity index (χ0) is 25.9. The highest BCUT2D eigenvalue weighted by Gasteiger charge is 2.28. The average molecular weight is 526 g/mol. The van der Waals surface area contributed by atoms with Crippen LogP contribution in [0.2, 0.25) is 0 Å². The van der Waals surface area contributed by atoms with E-state index in [2.05, 4.69) is 22.4 Å². The molecule has 3 heterocycles. The van der Waals surface area contributed by atoms with Crippen molar-refractivity contribution in [2.24, 2.45) is 0 Å². The summed E-state index contributed by atoms with van der Waals surface area (Å²) < 4.78 is 10.9. The number of rotatable bonds is 6. The van der Waals surface area contributed by atoms with Gasteiger partial charge in [0.2, 0.25) is 0 Å². The van der Waals surface area contributed by atoms with Crippen LogP contribution in [0.15, 0.2) is 66.0 Å². The van der Waals surface area contributed by atoms with Crippen LogP contribution in [0.25, 0.3) is 22.6 Å². The van der Waals surface area contributed by atoms with Crippen LogP contribution in [-0.4, -0.2) is 49.8 Å². The third-order valence-corrected chi connectivity index (χ3v) is 7.69. The van der Waals surface area contributed by atoms with Gasteiger partial charge in [0.15, 0.2) is 6.61 Å². The number of allylic oxidation sites excluding steroid dienone is 1. The monoisotopic (exact) mass is 525 g/mol. The molecule has 1 saturated heterocycles. The maximum Gasteiger partial charge on any atom is 0.339 e. The number of esters is 1. The van der Waals surface area contributed by atoms with Crippen LogP contribution in [-0.2, 0) is 20.7 Å². The number of carbonyl (C=O) groups is 2. The fourth-order valence-electron chi connectivity index (χ4n) is 5.03. The number of aromatic nitrogens is 1. The number of anilines is 2. The van der Waals surface area contributed by atoms with Gasteiger partial charge >= 0.3 is 5.97 Å². The number of hydrogen-bond acceptors (Lipinski definition) is 7. The summed E-state index contributed by atoms with van der Waals surface area (Å²) in [4.78, 5) is 34.3. The van der Waals surface area contributed by atoms with Gasteiger partial charge in [-0.25, -0.2) is 9.78 Å². The van der Waals surface area contributed by atoms with E-state index in [0.717, 1.165) is 57.8 Å². The second-order valence-corrected chi connectivity index (χ2v) is 10.3. The van der Waals surface area contributed by atoms with Crippen molar-refractivity contribution >= 4 is 57.1 Å². The number of amides is 1. The van der Waals surface area contributed by atoms with Crippen molar-refractivity contribution in [2.45, 2.75) is 12.8 Å². The quantitative estimate of drug-likeness (QED) is 0.339. The van der Waals surface area contributed by atoms with Crippen LogP contribution in [0.1, 0.15) is 32.9 Å². The molecule has 1 aliphatic carbocycles. The molecule has 2 aliphatic rings. The number of hydrogen-bond donors (Lipinski definition) is 1. The Morgan fingerprint density at radius 2 is 1.84 bits per heavy atom. The molecule has 1 amide bonds. The van der Waals surface area contributed by atoms with Crippen LogP contribution in [0.5, 0.6) is 0 Å². The predicted octanol–water partition coefficient (Wildman–Crippen LogP) is 5.42. The topological polar surface area (TPSA) is 80.8 Å². The number of ether oxygens (including phenoxy) is 2. The number of thiophene rings is 1. The molecule has 1 aliphatic heterocycles. The maximum atomic E-state index is 13.4. The number of pyridine rings is 1. The Bertz CT molecular complexity index is 1510. The van der Waals surface area contributed by atoms with Gasteiger partial charge in [-0.3, -0.25) is 4.79 Å². The van der Waals surface area contributed by atoms with E-state index in [4.69, 9.17) is 14.5 Å². The minimum atomic E-state index is -0.505. The molecule has 1 N–H and O–H groups in total. The van der Waals surface area contributed by atoms with E-state index in [9.17, 15) is 9.59 Å². The fourth-order valence-corrected chi connectivity index (χ4v) is 5.72. The lowest BCUT2D eigenvalue weighted by molar-refractivity contribution is -0.119. The van der Waals surface area contributed by atoms with Crippen molar-refractivity contribution in [1.82, 2.24) is 4.98 Å². The van der Waals surface area contributed by atoms with Gasteiger partial charge in [-0.2, -0.15) is 0 Å². The van der Waals surface area contributed by atoms with Gasteiger partial charge in [-0.15, -0.1) is 11.3 Å². The molecule has 6 rings (SSSR count). The van der Waals surface area contributed by atoms with E-state index in [0.29, 0.717) is 30.9 Å². The van der Waals surface area contributed by atoms with Gasteiger partial charge in [0.25, 0.3) is 5.91 Å². The molecule has 192 valence electrons. The van der Waals surface area contributed by atoms with Gasteiger partial charge < -0.3 is 19.7 Å². The molecule has 8 heteroatoms. The lowest BCUT2D eigenvalue weighted by Gasteiger charge is -2.28. The average Bonchev–Trinajstić information content (AvgIpc) is 3.62. The summed E-state index contributed by atoms with van der Waals surface area (Å²) in [6.07, 6.45) is 3.65. The van der Waals surface area contributed by atoms with Crippen LogP contribution < -0.4 is 10.2 Å². The van der Waals surface area contributed by atoms with Gasteiger partial charge in [-0.05, 0) is 71.8 Å². The summed E-state index contributed by atoms with van der Waals surface area (Å²) >= 11 is 1.67. The highest BCUT2D eigenvalue weighted by Crippen LogP contribution is 2.38. The van der Waals surface area contributed by atoms with Gasteiger partial charge in [0.1, 0.15) is 0 Å². The molecule has 0 radical (unpaired) electrons. The molecule has 38 heavy (non-hydrogen) atoms. The van der Waals surface area contributed by atoms with Crippen LogP contribution in [0.3, 0.4) is 0 Å². The predicted molar refractivity (Wildman–Crippen MR) is 151 cm³/mol. The zero-order valence-corrected chi connectivity index (χ0v) is 21.6. The van der Waals surface area contributed by atoms with Crippen molar-refractivity contribution in [3.63, 3.8) is 0 Å². The van der Waals surface area contributed by atoms with Gasteiger partial charge in [0.05, 0.1) is 30.0 Å². The molecule has 0 unspecified atom stereocenters. The standard InChI is InChI=1S/C30H27N3O4S/c34-27(31-21-8-10-22(11-9-21)33-13-15-36-16-14-33)19-37-30(35)28-24-5-1-2-6-26(24)32-29-20(7-12-25(28)29)18-23-4-3-17-38-23/h1-6,8-11,17-18H,7,12-16,19H2,(H,31,34). The van der Waals surface area contributed by atoms with E-state index < -0.39 is 5.97 Å². The number of para-hydroxylation sites is 1. The van der Waals surface area contributed by atoms with E-state index in [1.54, 1.807) is 11.3 Å². The summed E-state index contributed by atoms with van der Waals surface area (Å²) in [5.41, 5.74) is 5.82. The zero-order valence-electron chi connectivity index (χ0n) is 20.8. The highest BCUT2D eigenvalue weighted by atomic mass is 32.1. The van der Waals surface area contributed by atoms with Crippen LogP contribution >= 0.6 is 11.3 Å². The summed E-state index contributed by atoms with van der Waals surface area (Å²) in [6.45, 7) is 2.76. The fraction of sp³-hybridized carbons (Fsp3) is 0.233. The van der Waals surface area contributed by atoms with E-state index in [-0.39, 0.29) is 12.5 Å². The molecule has 2 aromatic heterocycles. The second-order valence-electron chi connectivity index (χ2n) is 9.29. The summed E-state index contributed by atoms with van der Waals surface area (Å²) in [7, 11) is 0. The minimum absolute atomic E-state index is 0.368. The number of nitrogens with zero attached hydrogens (tertiary/aromatic N) is 2. The Morgan fingerprint density at radius 3 is 2.63 bits per heavy atom. The number of benzene rings is 2. The summed E-state index contributed by atoms with van der Waals surface area (Å²) in [6, 6.07) is 19.3.